The summed E-state index contributed by atoms with van der Waals surface area (Å²) in [5.41, 5.74) is 8.86. The lowest BCUT2D eigenvalue weighted by atomic mass is 9.89. The van der Waals surface area contributed by atoms with Gasteiger partial charge in [-0.25, -0.2) is 4.98 Å². The number of anilines is 2. The maximum absolute atomic E-state index is 13.0. The minimum atomic E-state index is -4.82. The number of nitrogens with zero attached hydrogens (tertiary/aromatic N) is 3. The van der Waals surface area contributed by atoms with E-state index >= 15 is 0 Å². The molecule has 0 bridgehead atoms. The van der Waals surface area contributed by atoms with Crippen LogP contribution in [0.1, 0.15) is 48.5 Å². The van der Waals surface area contributed by atoms with Crippen LogP contribution in [-0.4, -0.2) is 65.5 Å². The zero-order valence-corrected chi connectivity index (χ0v) is 20.8. The number of likely N-dealkylation sites (tertiary alicyclic amines) is 1. The van der Waals surface area contributed by atoms with Crippen molar-refractivity contribution >= 4 is 28.3 Å². The number of carbonyl (C=O) groups excluding carboxylic acids is 1. The number of hydrogen-bond acceptors (Lipinski definition) is 6. The van der Waals surface area contributed by atoms with Crippen molar-refractivity contribution in [2.75, 3.05) is 43.4 Å². The molecule has 0 radical (unpaired) electrons. The zero-order chi connectivity index (χ0) is 26.4. The minimum absolute atomic E-state index is 0.0459. The number of benzene rings is 1. The quantitative estimate of drug-likeness (QED) is 0.488. The second-order valence-corrected chi connectivity index (χ2v) is 10.2. The van der Waals surface area contributed by atoms with E-state index in [0.29, 0.717) is 19.7 Å². The predicted octanol–water partition coefficient (Wildman–Crippen LogP) is 4.68. The average Bonchev–Trinajstić information content (AvgIpc) is 3.25. The van der Waals surface area contributed by atoms with E-state index < -0.39 is 12.1 Å². The number of aromatic amines is 1. The first kappa shape index (κ1) is 25.2. The monoisotopic (exact) mass is 517 g/mol. The van der Waals surface area contributed by atoms with E-state index in [1.807, 2.05) is 12.4 Å². The van der Waals surface area contributed by atoms with Crippen molar-refractivity contribution < 1.29 is 27.4 Å². The van der Waals surface area contributed by atoms with Gasteiger partial charge in [0.1, 0.15) is 11.4 Å². The number of hydrogen-bond donors (Lipinski definition) is 2. The molecule has 3 aromatic rings. The van der Waals surface area contributed by atoms with Crippen LogP contribution in [0.25, 0.3) is 11.0 Å². The summed E-state index contributed by atoms with van der Waals surface area (Å²) in [4.78, 5) is 25.0. The molecule has 1 amide bonds. The molecule has 3 N–H and O–H groups in total. The highest BCUT2D eigenvalue weighted by Crippen LogP contribution is 2.36. The van der Waals surface area contributed by atoms with E-state index in [-0.39, 0.29) is 28.7 Å². The number of nitrogens with two attached hydrogens (primary N) is 1. The van der Waals surface area contributed by atoms with Crippen LogP contribution in [0, 0.1) is 0 Å². The van der Waals surface area contributed by atoms with Gasteiger partial charge in [0.05, 0.1) is 29.7 Å². The van der Waals surface area contributed by atoms with Gasteiger partial charge in [0.2, 0.25) is 0 Å². The third-order valence-corrected chi connectivity index (χ3v) is 7.05. The van der Waals surface area contributed by atoms with Gasteiger partial charge >= 0.3 is 6.36 Å². The van der Waals surface area contributed by atoms with Gasteiger partial charge in [-0.2, -0.15) is 0 Å². The van der Waals surface area contributed by atoms with Crippen LogP contribution in [0.3, 0.4) is 0 Å². The Balaban J connectivity index is 1.27. The Morgan fingerprint density at radius 1 is 1.22 bits per heavy atom. The molecular formula is C26H30F3N5O3. The standard InChI is InChI=1S/C26H30F3N5O3/c1-25(2)15-34(9-10-36-25)17-11-20-21(14-32-23(20)31-13-17)16-5-7-33(8-6-16)24(35)19-4-3-18(12-22(19)30)37-26(27,28)29/h3-4,11-14,16H,5-10,15,30H2,1-2H3,(H,31,32). The highest BCUT2D eigenvalue weighted by Gasteiger charge is 2.32. The van der Waals surface area contributed by atoms with Crippen LogP contribution in [0.4, 0.5) is 24.5 Å². The first-order valence-electron chi connectivity index (χ1n) is 12.3. The zero-order valence-electron chi connectivity index (χ0n) is 20.8. The van der Waals surface area contributed by atoms with E-state index in [1.165, 1.54) is 11.6 Å². The lowest BCUT2D eigenvalue weighted by molar-refractivity contribution is -0.274. The molecule has 0 atom stereocenters. The molecule has 11 heteroatoms. The van der Waals surface area contributed by atoms with Crippen molar-refractivity contribution in [3.05, 3.63) is 47.8 Å². The topological polar surface area (TPSA) is 96.7 Å². The number of morpholine rings is 1. The van der Waals surface area contributed by atoms with E-state index in [0.717, 1.165) is 54.8 Å². The summed E-state index contributed by atoms with van der Waals surface area (Å²) in [5.74, 6) is -0.503. The van der Waals surface area contributed by atoms with Crippen LogP contribution < -0.4 is 15.4 Å². The number of carbonyl (C=O) groups is 1. The fourth-order valence-electron chi connectivity index (χ4n) is 5.26. The fraction of sp³-hybridized carbons (Fsp3) is 0.462. The normalized spacial score (nSPS) is 18.8. The highest BCUT2D eigenvalue weighted by atomic mass is 19.4. The number of H-pyrrole nitrogens is 1. The molecule has 8 nitrogen and oxygen atoms in total. The molecular weight excluding hydrogens is 487 g/mol. The van der Waals surface area contributed by atoms with Gasteiger partial charge < -0.3 is 30.0 Å². The van der Waals surface area contributed by atoms with Gasteiger partial charge in [0, 0.05) is 49.5 Å². The van der Waals surface area contributed by atoms with Crippen molar-refractivity contribution in [2.45, 2.75) is 44.6 Å². The number of amides is 1. The predicted molar refractivity (Wildman–Crippen MR) is 134 cm³/mol. The maximum Gasteiger partial charge on any atom is 0.573 e. The van der Waals surface area contributed by atoms with Gasteiger partial charge in [0.25, 0.3) is 5.91 Å². The van der Waals surface area contributed by atoms with E-state index in [1.54, 1.807) is 4.90 Å². The van der Waals surface area contributed by atoms with Gasteiger partial charge in [-0.1, -0.05) is 0 Å². The van der Waals surface area contributed by atoms with Crippen molar-refractivity contribution in [3.63, 3.8) is 0 Å². The molecule has 1 aromatic carbocycles. The Bertz CT molecular complexity index is 1300. The van der Waals surface area contributed by atoms with Gasteiger partial charge in [0.15, 0.2) is 0 Å². The number of halogens is 3. The Labute approximate surface area is 212 Å². The molecule has 198 valence electrons. The molecule has 2 fully saturated rings. The molecule has 5 rings (SSSR count). The first-order valence-corrected chi connectivity index (χ1v) is 12.3. The summed E-state index contributed by atoms with van der Waals surface area (Å²) in [6.45, 7) is 7.46. The van der Waals surface area contributed by atoms with Crippen molar-refractivity contribution in [3.8, 4) is 5.75 Å². The van der Waals surface area contributed by atoms with Crippen LogP contribution in [0.5, 0.6) is 5.75 Å². The molecule has 4 heterocycles. The molecule has 0 unspecified atom stereocenters. The summed E-state index contributed by atoms with van der Waals surface area (Å²) >= 11 is 0. The number of fused-ring (bicyclic) bond motifs is 1. The number of ether oxygens (including phenoxy) is 2. The van der Waals surface area contributed by atoms with Crippen LogP contribution >= 0.6 is 0 Å². The molecule has 2 aliphatic rings. The van der Waals surface area contributed by atoms with E-state index in [4.69, 9.17) is 10.5 Å². The number of aromatic nitrogens is 2. The van der Waals surface area contributed by atoms with Crippen molar-refractivity contribution in [1.82, 2.24) is 14.9 Å². The third kappa shape index (κ3) is 5.46. The van der Waals surface area contributed by atoms with Crippen LogP contribution in [0.15, 0.2) is 36.7 Å². The SMILES string of the molecule is CC1(C)CN(c2cnc3[nH]cc(C4CCN(C(=O)c5ccc(OC(F)(F)F)cc5N)CC4)c3c2)CCO1. The number of rotatable bonds is 4. The molecule has 0 saturated carbocycles. The van der Waals surface area contributed by atoms with Gasteiger partial charge in [-0.3, -0.25) is 4.79 Å². The number of pyridine rings is 1. The largest absolute Gasteiger partial charge is 0.573 e. The maximum atomic E-state index is 13.0. The Hall–Kier alpha value is -3.47. The molecule has 37 heavy (non-hydrogen) atoms. The summed E-state index contributed by atoms with van der Waals surface area (Å²) in [7, 11) is 0. The second-order valence-electron chi connectivity index (χ2n) is 10.2. The lowest BCUT2D eigenvalue weighted by Gasteiger charge is -2.39. The first-order chi connectivity index (χ1) is 17.5. The molecule has 0 spiro atoms. The lowest BCUT2D eigenvalue weighted by Crippen LogP contribution is -2.48. The average molecular weight is 518 g/mol. The summed E-state index contributed by atoms with van der Waals surface area (Å²) in [6.07, 6.45) is 0.577. The fourth-order valence-corrected chi connectivity index (χ4v) is 5.26. The Kier molecular flexibility index (Phi) is 6.43. The Morgan fingerprint density at radius 2 is 1.97 bits per heavy atom. The summed E-state index contributed by atoms with van der Waals surface area (Å²) in [6, 6.07) is 5.60. The van der Waals surface area contributed by atoms with Crippen LogP contribution in [-0.2, 0) is 4.74 Å². The highest BCUT2D eigenvalue weighted by molar-refractivity contribution is 5.99. The molecule has 2 aliphatic heterocycles. The number of piperidine rings is 1. The smallest absolute Gasteiger partial charge is 0.406 e. The molecule has 2 aromatic heterocycles. The molecule has 2 saturated heterocycles. The minimum Gasteiger partial charge on any atom is -0.406 e. The number of nitrogen functional groups attached to an aromatic ring is 1. The van der Waals surface area contributed by atoms with Crippen molar-refractivity contribution in [2.24, 2.45) is 0 Å². The second kappa shape index (κ2) is 9.44. The van der Waals surface area contributed by atoms with Crippen LogP contribution in [0.2, 0.25) is 0 Å². The molecule has 0 aliphatic carbocycles. The Morgan fingerprint density at radius 3 is 2.65 bits per heavy atom. The van der Waals surface area contributed by atoms with Gasteiger partial charge in [-0.05, 0) is 56.4 Å². The van der Waals surface area contributed by atoms with E-state index in [9.17, 15) is 18.0 Å². The summed E-state index contributed by atoms with van der Waals surface area (Å²) in [5, 5.41) is 1.08. The van der Waals surface area contributed by atoms with Crippen molar-refractivity contribution in [1.29, 1.82) is 0 Å². The van der Waals surface area contributed by atoms with E-state index in [2.05, 4.69) is 39.5 Å². The number of nitrogens with one attached hydrogen (secondary N) is 1. The van der Waals surface area contributed by atoms with Gasteiger partial charge in [-0.15, -0.1) is 13.2 Å². The number of alkyl halides is 3. The summed E-state index contributed by atoms with van der Waals surface area (Å²) < 4.78 is 47.1. The third-order valence-electron chi connectivity index (χ3n) is 7.05.